The molecule has 0 unspecified atom stereocenters. The predicted molar refractivity (Wildman–Crippen MR) is 131 cm³/mol. The van der Waals surface area contributed by atoms with Crippen molar-refractivity contribution < 1.29 is 9.47 Å². The molecule has 4 aromatic rings. The van der Waals surface area contributed by atoms with Gasteiger partial charge in [0.25, 0.3) is 5.88 Å². The van der Waals surface area contributed by atoms with Crippen molar-refractivity contribution in [1.29, 1.82) is 0 Å². The highest BCUT2D eigenvalue weighted by Crippen LogP contribution is 2.38. The van der Waals surface area contributed by atoms with Gasteiger partial charge in [0.1, 0.15) is 6.10 Å². The van der Waals surface area contributed by atoms with Gasteiger partial charge in [0, 0.05) is 33.6 Å². The van der Waals surface area contributed by atoms with Crippen molar-refractivity contribution in [2.24, 2.45) is 0 Å². The molecule has 8 heteroatoms. The molecule has 0 aliphatic heterocycles. The zero-order chi connectivity index (χ0) is 22.8. The van der Waals surface area contributed by atoms with Crippen molar-refractivity contribution in [3.8, 4) is 40.0 Å². The largest absolute Gasteiger partial charge is 0.472 e. The summed E-state index contributed by atoms with van der Waals surface area (Å²) in [6.45, 7) is 0. The minimum Gasteiger partial charge on any atom is -0.472 e. The molecule has 2 aromatic carbocycles. The third kappa shape index (κ3) is 4.91. The van der Waals surface area contributed by atoms with Gasteiger partial charge in [0.2, 0.25) is 0 Å². The Labute approximate surface area is 206 Å². The number of hydrogen-bond acceptors (Lipinski definition) is 5. The van der Waals surface area contributed by atoms with Crippen LogP contribution in [0.4, 0.5) is 0 Å². The topological polar surface area (TPSA) is 57.1 Å². The monoisotopic (exact) mass is 497 g/mol. The normalized spacial score (nSPS) is 13.4. The fourth-order valence-corrected chi connectivity index (χ4v) is 4.05. The second kappa shape index (κ2) is 9.56. The summed E-state index contributed by atoms with van der Waals surface area (Å²) in [6, 6.07) is 16.4. The van der Waals surface area contributed by atoms with Crippen LogP contribution in [0.25, 0.3) is 22.4 Å². The van der Waals surface area contributed by atoms with E-state index in [1.54, 1.807) is 36.7 Å². The van der Waals surface area contributed by atoms with Crippen LogP contribution in [-0.4, -0.2) is 21.1 Å². The molecule has 0 N–H and O–H groups in total. The summed E-state index contributed by atoms with van der Waals surface area (Å²) in [7, 11) is 0. The lowest BCUT2D eigenvalue weighted by Crippen LogP contribution is -2.25. The van der Waals surface area contributed by atoms with Crippen LogP contribution in [0.5, 0.6) is 17.6 Å². The number of pyridine rings is 1. The fraction of sp³-hybridized carbons (Fsp3) is 0.160. The van der Waals surface area contributed by atoms with Gasteiger partial charge in [-0.15, -0.1) is 0 Å². The molecule has 0 saturated heterocycles. The molecular weight excluding hydrogens is 481 g/mol. The van der Waals surface area contributed by atoms with Gasteiger partial charge < -0.3 is 9.47 Å². The van der Waals surface area contributed by atoms with Crippen LogP contribution in [0, 0.1) is 0 Å². The Balaban J connectivity index is 1.56. The van der Waals surface area contributed by atoms with Crippen LogP contribution >= 0.6 is 34.8 Å². The van der Waals surface area contributed by atoms with Crippen molar-refractivity contribution >= 4 is 34.8 Å². The summed E-state index contributed by atoms with van der Waals surface area (Å²) in [5.41, 5.74) is 2.98. The molecule has 0 bridgehead atoms. The average Bonchev–Trinajstić information content (AvgIpc) is 2.78. The number of nitrogens with zero attached hydrogens (tertiary/aromatic N) is 3. The zero-order valence-corrected chi connectivity index (χ0v) is 19.6. The molecule has 0 spiro atoms. The van der Waals surface area contributed by atoms with Crippen LogP contribution < -0.4 is 9.47 Å². The highest BCUT2D eigenvalue weighted by molar-refractivity contribution is 6.36. The Morgan fingerprint density at radius 2 is 1.64 bits per heavy atom. The lowest BCUT2D eigenvalue weighted by Gasteiger charge is -2.26. The van der Waals surface area contributed by atoms with Gasteiger partial charge in [-0.25, -0.2) is 9.97 Å². The second-order valence-electron chi connectivity index (χ2n) is 7.63. The highest BCUT2D eigenvalue weighted by Gasteiger charge is 2.22. The van der Waals surface area contributed by atoms with E-state index in [0.717, 1.165) is 30.4 Å². The number of benzene rings is 2. The molecule has 0 atom stereocenters. The maximum Gasteiger partial charge on any atom is 0.322 e. The summed E-state index contributed by atoms with van der Waals surface area (Å²) in [5.74, 6) is 0.885. The summed E-state index contributed by atoms with van der Waals surface area (Å²) in [5, 5.41) is 1.65. The van der Waals surface area contributed by atoms with Crippen molar-refractivity contribution in [3.05, 3.63) is 82.1 Å². The molecule has 1 aliphatic carbocycles. The molecule has 1 fully saturated rings. The van der Waals surface area contributed by atoms with Crippen molar-refractivity contribution in [2.75, 3.05) is 0 Å². The van der Waals surface area contributed by atoms with Crippen LogP contribution in [0.2, 0.25) is 15.1 Å². The van der Waals surface area contributed by atoms with E-state index in [1.165, 1.54) is 0 Å². The first-order valence-electron chi connectivity index (χ1n) is 10.4. The molecule has 1 aliphatic rings. The smallest absolute Gasteiger partial charge is 0.322 e. The van der Waals surface area contributed by atoms with E-state index in [9.17, 15) is 0 Å². The van der Waals surface area contributed by atoms with E-state index in [0.29, 0.717) is 38.0 Å². The average molecular weight is 499 g/mol. The summed E-state index contributed by atoms with van der Waals surface area (Å²) >= 11 is 18.7. The first-order chi connectivity index (χ1) is 16.1. The molecule has 2 aromatic heterocycles. The molecule has 166 valence electrons. The van der Waals surface area contributed by atoms with Crippen molar-refractivity contribution in [1.82, 2.24) is 15.0 Å². The molecule has 5 rings (SSSR count). The maximum atomic E-state index is 6.53. The summed E-state index contributed by atoms with van der Waals surface area (Å²) in [4.78, 5) is 13.5. The SMILES string of the molecule is Clc1ccc(-c2cnc(Oc3cccnc3OC3CCC3)nc2-c2ccc(Cl)cc2Cl)cc1. The van der Waals surface area contributed by atoms with E-state index < -0.39 is 0 Å². The first kappa shape index (κ1) is 22.0. The zero-order valence-electron chi connectivity index (χ0n) is 17.3. The molecule has 5 nitrogen and oxygen atoms in total. The Kier molecular flexibility index (Phi) is 6.36. The minimum atomic E-state index is 0.153. The number of ether oxygens (including phenoxy) is 2. The lowest BCUT2D eigenvalue weighted by atomic mass is 9.96. The van der Waals surface area contributed by atoms with Crippen LogP contribution in [0.1, 0.15) is 19.3 Å². The Morgan fingerprint density at radius 1 is 0.848 bits per heavy atom. The number of aromatic nitrogens is 3. The quantitative estimate of drug-likeness (QED) is 0.270. The van der Waals surface area contributed by atoms with E-state index in [-0.39, 0.29) is 12.1 Å². The summed E-state index contributed by atoms with van der Waals surface area (Å²) in [6.07, 6.45) is 6.73. The van der Waals surface area contributed by atoms with Crippen LogP contribution in [0.15, 0.2) is 67.0 Å². The second-order valence-corrected chi connectivity index (χ2v) is 8.91. The predicted octanol–water partition coefficient (Wildman–Crippen LogP) is 7.89. The van der Waals surface area contributed by atoms with E-state index in [4.69, 9.17) is 49.3 Å². The molecule has 2 heterocycles. The van der Waals surface area contributed by atoms with Gasteiger partial charge in [-0.2, -0.15) is 4.98 Å². The lowest BCUT2D eigenvalue weighted by molar-refractivity contribution is 0.111. The van der Waals surface area contributed by atoms with Gasteiger partial charge in [0.15, 0.2) is 5.75 Å². The first-order valence-corrected chi connectivity index (χ1v) is 11.6. The molecule has 1 saturated carbocycles. The van der Waals surface area contributed by atoms with Gasteiger partial charge in [-0.3, -0.25) is 0 Å². The Bertz CT molecular complexity index is 1290. The third-order valence-electron chi connectivity index (χ3n) is 5.38. The Morgan fingerprint density at radius 3 is 2.36 bits per heavy atom. The van der Waals surface area contributed by atoms with Crippen LogP contribution in [0.3, 0.4) is 0 Å². The van der Waals surface area contributed by atoms with Crippen molar-refractivity contribution in [3.63, 3.8) is 0 Å². The fourth-order valence-electron chi connectivity index (χ4n) is 3.43. The minimum absolute atomic E-state index is 0.153. The van der Waals surface area contributed by atoms with Crippen LogP contribution in [-0.2, 0) is 0 Å². The third-order valence-corrected chi connectivity index (χ3v) is 6.18. The highest BCUT2D eigenvalue weighted by atomic mass is 35.5. The maximum absolute atomic E-state index is 6.53. The number of hydrogen-bond donors (Lipinski definition) is 0. The Hall–Kier alpha value is -2.86. The number of rotatable bonds is 6. The van der Waals surface area contributed by atoms with Gasteiger partial charge in [-0.05, 0) is 67.3 Å². The summed E-state index contributed by atoms with van der Waals surface area (Å²) < 4.78 is 12.0. The standard InChI is InChI=1S/C25H18Cl3N3O2/c26-16-8-6-15(7-9-16)20-14-30-25(31-23(20)19-11-10-17(27)13-21(19)28)33-22-5-2-12-29-24(22)32-18-3-1-4-18/h2,5-14,18H,1,3-4H2. The van der Waals surface area contributed by atoms with Gasteiger partial charge >= 0.3 is 6.01 Å². The van der Waals surface area contributed by atoms with E-state index in [1.807, 2.05) is 30.3 Å². The van der Waals surface area contributed by atoms with Gasteiger partial charge in [0.05, 0.1) is 10.7 Å². The molecular formula is C25H18Cl3N3O2. The molecule has 0 radical (unpaired) electrons. The van der Waals surface area contributed by atoms with E-state index in [2.05, 4.69) is 9.97 Å². The number of halogens is 3. The van der Waals surface area contributed by atoms with Gasteiger partial charge in [-0.1, -0.05) is 46.9 Å². The molecule has 0 amide bonds. The van der Waals surface area contributed by atoms with E-state index >= 15 is 0 Å². The van der Waals surface area contributed by atoms with Crippen molar-refractivity contribution in [2.45, 2.75) is 25.4 Å². The molecule has 33 heavy (non-hydrogen) atoms.